The highest BCUT2D eigenvalue weighted by Gasteiger charge is 2.33. The van der Waals surface area contributed by atoms with E-state index < -0.39 is 0 Å². The lowest BCUT2D eigenvalue weighted by atomic mass is 10.1. The van der Waals surface area contributed by atoms with Gasteiger partial charge in [0.05, 0.1) is 18.8 Å². The van der Waals surface area contributed by atoms with Crippen LogP contribution in [0.2, 0.25) is 0 Å². The van der Waals surface area contributed by atoms with Crippen molar-refractivity contribution >= 4 is 17.2 Å². The molecule has 0 spiro atoms. The fourth-order valence-electron chi connectivity index (χ4n) is 2.27. The monoisotopic (exact) mass is 293 g/mol. The molecule has 2 aromatic rings. The van der Waals surface area contributed by atoms with E-state index in [-0.39, 0.29) is 11.9 Å². The van der Waals surface area contributed by atoms with Crippen LogP contribution in [-0.2, 0) is 4.74 Å². The van der Waals surface area contributed by atoms with Gasteiger partial charge in [-0.15, -0.1) is 11.3 Å². The van der Waals surface area contributed by atoms with E-state index in [1.807, 2.05) is 19.2 Å². The smallest absolute Gasteiger partial charge is 0.255 e. The van der Waals surface area contributed by atoms with Gasteiger partial charge in [-0.3, -0.25) is 4.79 Å². The number of hydrogen-bond donors (Lipinski definition) is 0. The Hall–Kier alpha value is -1.73. The maximum absolute atomic E-state index is 12.7. The molecule has 20 heavy (non-hydrogen) atoms. The van der Waals surface area contributed by atoms with Crippen molar-refractivity contribution < 1.29 is 14.1 Å². The lowest BCUT2D eigenvalue weighted by Crippen LogP contribution is -2.43. The van der Waals surface area contributed by atoms with E-state index in [0.29, 0.717) is 25.6 Å². The van der Waals surface area contributed by atoms with Crippen LogP contribution in [0, 0.1) is 13.8 Å². The van der Waals surface area contributed by atoms with Crippen LogP contribution in [0.4, 0.5) is 0 Å². The molecule has 7 heteroatoms. The van der Waals surface area contributed by atoms with Gasteiger partial charge >= 0.3 is 0 Å². The first-order valence-electron chi connectivity index (χ1n) is 6.38. The normalized spacial score (nSPS) is 19.3. The predicted molar refractivity (Wildman–Crippen MR) is 72.7 cm³/mol. The number of hydrogen-bond acceptors (Lipinski definition) is 6. The van der Waals surface area contributed by atoms with Crippen molar-refractivity contribution in [1.29, 1.82) is 0 Å². The zero-order chi connectivity index (χ0) is 14.1. The summed E-state index contributed by atoms with van der Waals surface area (Å²) in [5.41, 5.74) is 1.79. The van der Waals surface area contributed by atoms with Crippen LogP contribution < -0.4 is 0 Å². The lowest BCUT2D eigenvalue weighted by molar-refractivity contribution is -0.00578. The van der Waals surface area contributed by atoms with E-state index in [4.69, 9.17) is 9.26 Å². The number of nitrogens with zero attached hydrogens (tertiary/aromatic N) is 3. The number of thiophene rings is 1. The fourth-order valence-corrected chi connectivity index (χ4v) is 3.12. The molecule has 1 saturated heterocycles. The molecule has 3 rings (SSSR count). The molecule has 1 atom stereocenters. The molecular formula is C13H15N3O3S. The van der Waals surface area contributed by atoms with Gasteiger partial charge in [-0.2, -0.15) is 4.98 Å². The van der Waals surface area contributed by atoms with Crippen molar-refractivity contribution in [2.75, 3.05) is 19.8 Å². The van der Waals surface area contributed by atoms with E-state index >= 15 is 0 Å². The van der Waals surface area contributed by atoms with Gasteiger partial charge in [-0.25, -0.2) is 0 Å². The Labute approximate surface area is 120 Å². The first-order chi connectivity index (χ1) is 9.68. The molecule has 0 bridgehead atoms. The summed E-state index contributed by atoms with van der Waals surface area (Å²) in [4.78, 5) is 19.7. The van der Waals surface area contributed by atoms with Crippen LogP contribution in [0.3, 0.4) is 0 Å². The maximum Gasteiger partial charge on any atom is 0.255 e. The van der Waals surface area contributed by atoms with Gasteiger partial charge in [0.1, 0.15) is 6.04 Å². The zero-order valence-electron chi connectivity index (χ0n) is 11.3. The summed E-state index contributed by atoms with van der Waals surface area (Å²) in [7, 11) is 0. The van der Waals surface area contributed by atoms with E-state index in [0.717, 1.165) is 16.0 Å². The van der Waals surface area contributed by atoms with Crippen molar-refractivity contribution in [3.05, 3.63) is 33.6 Å². The van der Waals surface area contributed by atoms with Gasteiger partial charge in [-0.05, 0) is 19.4 Å². The minimum atomic E-state index is -0.283. The molecule has 0 aromatic carbocycles. The van der Waals surface area contributed by atoms with E-state index in [9.17, 15) is 4.79 Å². The second kappa shape index (κ2) is 5.34. The standard InChI is InChI=1S/C13H15N3O3S/c1-8-9(2)20-6-10(8)13(17)16-3-4-18-5-11(16)12-14-7-19-15-12/h6-7,11H,3-5H2,1-2H3/t11-/m0/s1. The fraction of sp³-hybridized carbons (Fsp3) is 0.462. The largest absolute Gasteiger partial charge is 0.377 e. The van der Waals surface area contributed by atoms with Crippen LogP contribution in [0.5, 0.6) is 0 Å². The highest BCUT2D eigenvalue weighted by molar-refractivity contribution is 7.10. The minimum absolute atomic E-state index is 0.00458. The number of amides is 1. The van der Waals surface area contributed by atoms with Crippen LogP contribution >= 0.6 is 11.3 Å². The average molecular weight is 293 g/mol. The molecule has 0 saturated carbocycles. The molecule has 3 heterocycles. The topological polar surface area (TPSA) is 68.5 Å². The minimum Gasteiger partial charge on any atom is -0.377 e. The van der Waals surface area contributed by atoms with E-state index in [2.05, 4.69) is 10.1 Å². The number of carbonyl (C=O) groups excluding carboxylic acids is 1. The zero-order valence-corrected chi connectivity index (χ0v) is 12.1. The van der Waals surface area contributed by atoms with Crippen molar-refractivity contribution in [1.82, 2.24) is 15.0 Å². The van der Waals surface area contributed by atoms with Crippen molar-refractivity contribution in [2.45, 2.75) is 19.9 Å². The highest BCUT2D eigenvalue weighted by atomic mass is 32.1. The van der Waals surface area contributed by atoms with Gasteiger partial charge in [0.2, 0.25) is 6.39 Å². The summed E-state index contributed by atoms with van der Waals surface area (Å²) >= 11 is 1.59. The molecule has 1 amide bonds. The van der Waals surface area contributed by atoms with Crippen LogP contribution in [0.1, 0.15) is 32.7 Å². The van der Waals surface area contributed by atoms with E-state index in [1.165, 1.54) is 6.39 Å². The number of morpholine rings is 1. The third-order valence-electron chi connectivity index (χ3n) is 3.58. The Bertz CT molecular complexity index is 608. The maximum atomic E-state index is 12.7. The van der Waals surface area contributed by atoms with Gasteiger partial charge in [0, 0.05) is 16.8 Å². The lowest BCUT2D eigenvalue weighted by Gasteiger charge is -2.33. The second-order valence-electron chi connectivity index (χ2n) is 4.71. The molecular weight excluding hydrogens is 278 g/mol. The molecule has 0 aliphatic carbocycles. The summed E-state index contributed by atoms with van der Waals surface area (Å²) in [6.45, 7) is 5.46. The SMILES string of the molecule is Cc1scc(C(=O)N2CCOC[C@H]2c2ncon2)c1C. The summed E-state index contributed by atoms with van der Waals surface area (Å²) in [5, 5.41) is 5.75. The molecule has 1 aliphatic heterocycles. The van der Waals surface area contributed by atoms with Gasteiger partial charge in [-0.1, -0.05) is 5.16 Å². The Balaban J connectivity index is 1.90. The first kappa shape index (κ1) is 13.3. The Morgan fingerprint density at radius 2 is 2.35 bits per heavy atom. The quantitative estimate of drug-likeness (QED) is 0.846. The summed E-state index contributed by atoms with van der Waals surface area (Å²) in [6.07, 6.45) is 1.27. The molecule has 6 nitrogen and oxygen atoms in total. The van der Waals surface area contributed by atoms with Crippen LogP contribution in [0.15, 0.2) is 16.3 Å². The third kappa shape index (κ3) is 2.23. The molecule has 1 aliphatic rings. The third-order valence-corrected chi connectivity index (χ3v) is 4.60. The Morgan fingerprint density at radius 1 is 1.50 bits per heavy atom. The van der Waals surface area contributed by atoms with Crippen molar-refractivity contribution in [3.8, 4) is 0 Å². The Morgan fingerprint density at radius 3 is 3.00 bits per heavy atom. The second-order valence-corrected chi connectivity index (χ2v) is 5.79. The number of rotatable bonds is 2. The molecule has 0 N–H and O–H groups in total. The Kier molecular flexibility index (Phi) is 3.54. The summed E-state index contributed by atoms with van der Waals surface area (Å²) in [5.74, 6) is 0.493. The average Bonchev–Trinajstić information content (AvgIpc) is 3.10. The summed E-state index contributed by atoms with van der Waals surface area (Å²) in [6, 6.07) is -0.283. The molecule has 0 unspecified atom stereocenters. The van der Waals surface area contributed by atoms with Crippen molar-refractivity contribution in [2.24, 2.45) is 0 Å². The number of aromatic nitrogens is 2. The van der Waals surface area contributed by atoms with Gasteiger partial charge in [0.15, 0.2) is 5.82 Å². The number of ether oxygens (including phenoxy) is 1. The molecule has 2 aromatic heterocycles. The van der Waals surface area contributed by atoms with Gasteiger partial charge < -0.3 is 14.2 Å². The van der Waals surface area contributed by atoms with Crippen molar-refractivity contribution in [3.63, 3.8) is 0 Å². The van der Waals surface area contributed by atoms with Crippen LogP contribution in [0.25, 0.3) is 0 Å². The number of carbonyl (C=O) groups is 1. The highest BCUT2D eigenvalue weighted by Crippen LogP contribution is 2.27. The molecule has 1 fully saturated rings. The predicted octanol–water partition coefficient (Wildman–Crippen LogP) is 1.96. The number of aryl methyl sites for hydroxylation is 1. The van der Waals surface area contributed by atoms with Gasteiger partial charge in [0.25, 0.3) is 5.91 Å². The van der Waals surface area contributed by atoms with E-state index in [1.54, 1.807) is 16.2 Å². The summed E-state index contributed by atoms with van der Waals surface area (Å²) < 4.78 is 10.2. The van der Waals surface area contributed by atoms with Crippen LogP contribution in [-0.4, -0.2) is 40.7 Å². The molecule has 106 valence electrons. The molecule has 0 radical (unpaired) electrons. The first-order valence-corrected chi connectivity index (χ1v) is 7.26.